The molecule has 1 fully saturated rings. The van der Waals surface area contributed by atoms with E-state index in [0.717, 1.165) is 22.4 Å². The number of tetrazole rings is 1. The highest BCUT2D eigenvalue weighted by Gasteiger charge is 2.47. The Hall–Kier alpha value is -4.02. The molecule has 11 nitrogen and oxygen atoms in total. The number of carbonyl (C=O) groups excluding carboxylic acids is 2. The molecule has 0 bridgehead atoms. The largest absolute Gasteiger partial charge is 0.444 e. The zero-order chi connectivity index (χ0) is 24.0. The zero-order valence-corrected chi connectivity index (χ0v) is 19.3. The fraction of sp³-hybridized carbons (Fsp3) is 0.391. The van der Waals surface area contributed by atoms with Gasteiger partial charge in [-0.2, -0.15) is 4.80 Å². The molecule has 1 saturated heterocycles. The van der Waals surface area contributed by atoms with Gasteiger partial charge in [-0.1, -0.05) is 12.1 Å². The van der Waals surface area contributed by atoms with Gasteiger partial charge in [-0.15, -0.1) is 10.2 Å². The predicted molar refractivity (Wildman–Crippen MR) is 122 cm³/mol. The topological polar surface area (TPSA) is 124 Å². The summed E-state index contributed by atoms with van der Waals surface area (Å²) >= 11 is 0. The molecule has 0 radical (unpaired) electrons. The van der Waals surface area contributed by atoms with Gasteiger partial charge in [-0.05, 0) is 61.7 Å². The maximum absolute atomic E-state index is 12.6. The van der Waals surface area contributed by atoms with Crippen molar-refractivity contribution in [3.05, 3.63) is 42.1 Å². The summed E-state index contributed by atoms with van der Waals surface area (Å²) in [7, 11) is 1.70. The highest BCUT2D eigenvalue weighted by Crippen LogP contribution is 2.40. The van der Waals surface area contributed by atoms with E-state index in [4.69, 9.17) is 9.47 Å². The third kappa shape index (κ3) is 4.16. The molecule has 2 aromatic heterocycles. The first-order chi connectivity index (χ1) is 16.2. The number of aromatic nitrogens is 5. The van der Waals surface area contributed by atoms with E-state index in [1.807, 2.05) is 24.3 Å². The van der Waals surface area contributed by atoms with Gasteiger partial charge in [0.15, 0.2) is 0 Å². The molecule has 5 rings (SSSR count). The first kappa shape index (κ1) is 21.8. The molecule has 0 spiro atoms. The maximum atomic E-state index is 12.6. The minimum absolute atomic E-state index is 0.184. The Morgan fingerprint density at radius 2 is 2.03 bits per heavy atom. The van der Waals surface area contributed by atoms with Gasteiger partial charge in [-0.25, -0.2) is 9.59 Å². The van der Waals surface area contributed by atoms with E-state index in [-0.39, 0.29) is 12.6 Å². The van der Waals surface area contributed by atoms with Crippen LogP contribution in [0.15, 0.2) is 36.5 Å². The molecule has 2 aliphatic rings. The normalized spacial score (nSPS) is 18.9. The molecule has 0 unspecified atom stereocenters. The van der Waals surface area contributed by atoms with Gasteiger partial charge in [0.2, 0.25) is 5.82 Å². The van der Waals surface area contributed by atoms with Crippen molar-refractivity contribution in [2.24, 2.45) is 7.05 Å². The zero-order valence-electron chi connectivity index (χ0n) is 19.3. The lowest BCUT2D eigenvalue weighted by Crippen LogP contribution is -2.42. The van der Waals surface area contributed by atoms with Crippen molar-refractivity contribution in [3.63, 3.8) is 0 Å². The number of nitrogens with zero attached hydrogens (tertiary/aromatic N) is 6. The van der Waals surface area contributed by atoms with Gasteiger partial charge in [0.05, 0.1) is 25.3 Å². The number of fused-ring (bicyclic) bond motifs is 3. The van der Waals surface area contributed by atoms with Gasteiger partial charge in [0, 0.05) is 11.8 Å². The average Bonchev–Trinajstić information content (AvgIpc) is 3.46. The van der Waals surface area contributed by atoms with Crippen molar-refractivity contribution in [2.75, 3.05) is 11.4 Å². The minimum Gasteiger partial charge on any atom is -0.444 e. The summed E-state index contributed by atoms with van der Waals surface area (Å²) in [6.07, 6.45) is 0.995. The number of rotatable bonds is 4. The van der Waals surface area contributed by atoms with Crippen molar-refractivity contribution >= 4 is 17.9 Å². The summed E-state index contributed by atoms with van der Waals surface area (Å²) in [6, 6.07) is 9.57. The first-order valence-electron chi connectivity index (χ1n) is 11.0. The molecule has 11 heteroatoms. The van der Waals surface area contributed by atoms with Gasteiger partial charge in [0.25, 0.3) is 0 Å². The smallest absolute Gasteiger partial charge is 0.415 e. The van der Waals surface area contributed by atoms with Crippen LogP contribution in [0.25, 0.3) is 22.6 Å². The number of nitrogens with one attached hydrogen (secondary N) is 1. The second kappa shape index (κ2) is 8.08. The molecular formula is C23H25N7O4. The number of benzene rings is 1. The molecule has 1 aromatic carbocycles. The summed E-state index contributed by atoms with van der Waals surface area (Å²) in [6.45, 7) is 5.57. The third-order valence-corrected chi connectivity index (χ3v) is 5.66. The van der Waals surface area contributed by atoms with Gasteiger partial charge >= 0.3 is 12.2 Å². The van der Waals surface area contributed by atoms with E-state index in [9.17, 15) is 9.59 Å². The lowest BCUT2D eigenvalue weighted by atomic mass is 10.0. The average molecular weight is 463 g/mol. The molecule has 0 aliphatic carbocycles. The van der Waals surface area contributed by atoms with E-state index in [2.05, 4.69) is 31.8 Å². The Bertz CT molecular complexity index is 1250. The number of pyridine rings is 1. The number of anilines is 1. The number of hydrogen-bond donors (Lipinski definition) is 1. The molecule has 2 atom stereocenters. The van der Waals surface area contributed by atoms with Gasteiger partial charge in [-0.3, -0.25) is 9.88 Å². The highest BCUT2D eigenvalue weighted by atomic mass is 16.6. The third-order valence-electron chi connectivity index (χ3n) is 5.66. The van der Waals surface area contributed by atoms with Crippen molar-refractivity contribution < 1.29 is 19.1 Å². The Kier molecular flexibility index (Phi) is 5.18. The Labute approximate surface area is 196 Å². The summed E-state index contributed by atoms with van der Waals surface area (Å²) in [5.41, 5.74) is 3.84. The van der Waals surface area contributed by atoms with Crippen LogP contribution in [0, 0.1) is 0 Å². The van der Waals surface area contributed by atoms with Gasteiger partial charge < -0.3 is 14.8 Å². The molecule has 2 aliphatic heterocycles. The number of hydrogen-bond acceptors (Lipinski definition) is 8. The standard InChI is InChI=1S/C23H25N7O4/c1-23(2,3)34-21(31)25-12-19-18-10-15-9-13(6-8-17(15)30(18)22(32)33-19)14-5-7-16(24-11-14)20-26-28-29(4)27-20/h5-9,11,18-19H,10,12H2,1-4H3,(H,25,31)/t18-,19-/m0/s1. The van der Waals surface area contributed by atoms with Crippen molar-refractivity contribution in [1.82, 2.24) is 30.5 Å². The van der Waals surface area contributed by atoms with Crippen LogP contribution in [0.4, 0.5) is 15.3 Å². The monoisotopic (exact) mass is 463 g/mol. The van der Waals surface area contributed by atoms with Crippen LogP contribution in [0.1, 0.15) is 26.3 Å². The van der Waals surface area contributed by atoms with E-state index in [0.29, 0.717) is 17.9 Å². The SMILES string of the molecule is Cn1nnc(-c2ccc(-c3ccc4c(c3)C[C@H]3[C@H](CNC(=O)OC(C)(C)C)OC(=O)N43)cn2)n1. The number of amides is 2. The fourth-order valence-electron chi connectivity index (χ4n) is 4.21. The summed E-state index contributed by atoms with van der Waals surface area (Å²) in [5, 5.41) is 14.7. The molecule has 34 heavy (non-hydrogen) atoms. The number of ether oxygens (including phenoxy) is 2. The number of cyclic esters (lactones) is 1. The van der Waals surface area contributed by atoms with Crippen molar-refractivity contribution in [2.45, 2.75) is 44.9 Å². The maximum Gasteiger partial charge on any atom is 0.415 e. The number of alkyl carbamates (subject to hydrolysis) is 1. The Balaban J connectivity index is 1.30. The van der Waals surface area contributed by atoms with Crippen LogP contribution in [0.5, 0.6) is 0 Å². The second-order valence-electron chi connectivity index (χ2n) is 9.32. The summed E-state index contributed by atoms with van der Waals surface area (Å²) in [4.78, 5) is 32.1. The Morgan fingerprint density at radius 3 is 2.71 bits per heavy atom. The molecule has 176 valence electrons. The van der Waals surface area contributed by atoms with Crippen LogP contribution in [0.2, 0.25) is 0 Å². The lowest BCUT2D eigenvalue weighted by Gasteiger charge is -2.21. The number of aryl methyl sites for hydroxylation is 1. The number of carbonyl (C=O) groups is 2. The van der Waals surface area contributed by atoms with Crippen LogP contribution >= 0.6 is 0 Å². The van der Waals surface area contributed by atoms with E-state index >= 15 is 0 Å². The molecular weight excluding hydrogens is 438 g/mol. The Morgan fingerprint density at radius 1 is 1.24 bits per heavy atom. The quantitative estimate of drug-likeness (QED) is 0.626. The van der Waals surface area contributed by atoms with E-state index < -0.39 is 23.9 Å². The van der Waals surface area contributed by atoms with Crippen LogP contribution in [0.3, 0.4) is 0 Å². The molecule has 0 saturated carbocycles. The molecule has 4 heterocycles. The van der Waals surface area contributed by atoms with Crippen molar-refractivity contribution in [3.8, 4) is 22.6 Å². The predicted octanol–water partition coefficient (Wildman–Crippen LogP) is 2.71. The summed E-state index contributed by atoms with van der Waals surface area (Å²) < 4.78 is 10.8. The van der Waals surface area contributed by atoms with Crippen LogP contribution in [-0.2, 0) is 22.9 Å². The van der Waals surface area contributed by atoms with E-state index in [1.54, 1.807) is 38.9 Å². The highest BCUT2D eigenvalue weighted by molar-refractivity contribution is 5.94. The minimum atomic E-state index is -0.597. The van der Waals surface area contributed by atoms with Gasteiger partial charge in [0.1, 0.15) is 17.4 Å². The molecule has 3 aromatic rings. The molecule has 1 N–H and O–H groups in total. The fourth-order valence-corrected chi connectivity index (χ4v) is 4.21. The first-order valence-corrected chi connectivity index (χ1v) is 11.0. The molecule has 2 amide bonds. The van der Waals surface area contributed by atoms with Crippen LogP contribution < -0.4 is 10.2 Å². The lowest BCUT2D eigenvalue weighted by molar-refractivity contribution is 0.0489. The summed E-state index contributed by atoms with van der Waals surface area (Å²) in [5.74, 6) is 0.466. The van der Waals surface area contributed by atoms with Crippen LogP contribution in [-0.4, -0.2) is 61.7 Å². The van der Waals surface area contributed by atoms with Crippen molar-refractivity contribution in [1.29, 1.82) is 0 Å². The second-order valence-corrected chi connectivity index (χ2v) is 9.32. The van der Waals surface area contributed by atoms with E-state index in [1.165, 1.54) is 4.80 Å².